The fraction of sp³-hybridized carbons (Fsp3) is 0.296. The molecule has 1 aliphatic rings. The molecule has 38 heavy (non-hydrogen) atoms. The zero-order chi connectivity index (χ0) is 27.0. The van der Waals surface area contributed by atoms with Gasteiger partial charge in [0.1, 0.15) is 28.5 Å². The predicted molar refractivity (Wildman–Crippen MR) is 146 cm³/mol. The molecule has 2 N–H and O–H groups in total. The molecule has 11 heteroatoms. The number of fused-ring (bicyclic) bond motifs is 4. The number of hydrogen-bond donors (Lipinski definition) is 2. The average Bonchev–Trinajstić information content (AvgIpc) is 3.11. The van der Waals surface area contributed by atoms with E-state index in [1.165, 1.54) is 11.6 Å². The molecule has 2 amide bonds. The Morgan fingerprint density at radius 1 is 1.05 bits per heavy atom. The molecule has 0 saturated carbocycles. The first-order chi connectivity index (χ1) is 18.2. The SMILES string of the molecule is CC(=O)c1nn(CC(=O)NCC(=O)Nc2nc(Br)ccc2C)c2cc3c(cc12)-c1cnc(C)nc1CCC3. The summed E-state index contributed by atoms with van der Waals surface area (Å²) in [7, 11) is 0. The van der Waals surface area contributed by atoms with Crippen molar-refractivity contribution in [1.82, 2.24) is 30.0 Å². The molecular formula is C27H26BrN7O3. The van der Waals surface area contributed by atoms with E-state index in [-0.39, 0.29) is 18.9 Å². The maximum atomic E-state index is 12.8. The first-order valence-corrected chi connectivity index (χ1v) is 13.1. The second-order valence-electron chi connectivity index (χ2n) is 9.34. The summed E-state index contributed by atoms with van der Waals surface area (Å²) in [4.78, 5) is 50.9. The van der Waals surface area contributed by atoms with E-state index in [0.717, 1.165) is 53.0 Å². The number of halogens is 1. The Morgan fingerprint density at radius 3 is 2.66 bits per heavy atom. The number of benzene rings is 1. The Labute approximate surface area is 227 Å². The first-order valence-electron chi connectivity index (χ1n) is 12.3. The topological polar surface area (TPSA) is 132 Å². The van der Waals surface area contributed by atoms with E-state index in [1.54, 1.807) is 6.07 Å². The van der Waals surface area contributed by atoms with Crippen LogP contribution in [0.15, 0.2) is 35.1 Å². The van der Waals surface area contributed by atoms with Crippen molar-refractivity contribution in [3.8, 4) is 11.1 Å². The van der Waals surface area contributed by atoms with Crippen LogP contribution in [0.5, 0.6) is 0 Å². The predicted octanol–water partition coefficient (Wildman–Crippen LogP) is 3.71. The highest BCUT2D eigenvalue weighted by atomic mass is 79.9. The van der Waals surface area contributed by atoms with Gasteiger partial charge in [0.2, 0.25) is 11.8 Å². The molecule has 0 saturated heterocycles. The Balaban J connectivity index is 1.38. The number of ketones is 1. The summed E-state index contributed by atoms with van der Waals surface area (Å²) in [5.41, 5.74) is 5.84. The van der Waals surface area contributed by atoms with Crippen LogP contribution in [-0.4, -0.2) is 48.9 Å². The van der Waals surface area contributed by atoms with Gasteiger partial charge in [0, 0.05) is 24.1 Å². The maximum absolute atomic E-state index is 12.8. The molecule has 3 heterocycles. The second-order valence-corrected chi connectivity index (χ2v) is 10.2. The summed E-state index contributed by atoms with van der Waals surface area (Å²) in [5, 5.41) is 10.5. The van der Waals surface area contributed by atoms with Gasteiger partial charge >= 0.3 is 0 Å². The van der Waals surface area contributed by atoms with Crippen LogP contribution < -0.4 is 10.6 Å². The minimum Gasteiger partial charge on any atom is -0.345 e. The lowest BCUT2D eigenvalue weighted by molar-refractivity contribution is -0.124. The molecule has 0 bridgehead atoms. The summed E-state index contributed by atoms with van der Waals surface area (Å²) < 4.78 is 2.12. The van der Waals surface area contributed by atoms with Gasteiger partial charge in [0.25, 0.3) is 0 Å². The largest absolute Gasteiger partial charge is 0.345 e. The van der Waals surface area contributed by atoms with Crippen molar-refractivity contribution in [1.29, 1.82) is 0 Å². The molecule has 1 aromatic carbocycles. The summed E-state index contributed by atoms with van der Waals surface area (Å²) in [5.74, 6) is 0.157. The molecule has 0 atom stereocenters. The van der Waals surface area contributed by atoms with E-state index in [0.29, 0.717) is 27.0 Å². The van der Waals surface area contributed by atoms with Crippen molar-refractivity contribution in [3.05, 3.63) is 63.4 Å². The van der Waals surface area contributed by atoms with Crippen LogP contribution in [0.2, 0.25) is 0 Å². The number of pyridine rings is 1. The van der Waals surface area contributed by atoms with Gasteiger partial charge in [-0.15, -0.1) is 0 Å². The number of carbonyl (C=O) groups is 3. The van der Waals surface area contributed by atoms with Crippen LogP contribution in [0, 0.1) is 13.8 Å². The third-order valence-electron chi connectivity index (χ3n) is 6.51. The fourth-order valence-corrected chi connectivity index (χ4v) is 4.97. The Bertz CT molecular complexity index is 1610. The number of nitrogens with zero attached hydrogens (tertiary/aromatic N) is 5. The van der Waals surface area contributed by atoms with Crippen molar-refractivity contribution < 1.29 is 14.4 Å². The highest BCUT2D eigenvalue weighted by molar-refractivity contribution is 9.10. The van der Waals surface area contributed by atoms with Crippen molar-refractivity contribution in [2.75, 3.05) is 11.9 Å². The van der Waals surface area contributed by atoms with Gasteiger partial charge in [-0.3, -0.25) is 19.1 Å². The van der Waals surface area contributed by atoms with Crippen LogP contribution in [0.1, 0.15) is 46.5 Å². The van der Waals surface area contributed by atoms with Gasteiger partial charge in [0.15, 0.2) is 5.78 Å². The lowest BCUT2D eigenvalue weighted by Gasteiger charge is -2.11. The van der Waals surface area contributed by atoms with E-state index >= 15 is 0 Å². The summed E-state index contributed by atoms with van der Waals surface area (Å²) >= 11 is 3.28. The quantitative estimate of drug-likeness (QED) is 0.264. The number of rotatable bonds is 6. The molecule has 10 nitrogen and oxygen atoms in total. The van der Waals surface area contributed by atoms with Gasteiger partial charge < -0.3 is 10.6 Å². The smallest absolute Gasteiger partial charge is 0.244 e. The van der Waals surface area contributed by atoms with E-state index in [9.17, 15) is 14.4 Å². The number of aromatic nitrogens is 5. The molecule has 3 aromatic heterocycles. The number of nitrogens with one attached hydrogen (secondary N) is 2. The summed E-state index contributed by atoms with van der Waals surface area (Å²) in [6.07, 6.45) is 4.44. The molecule has 0 radical (unpaired) electrons. The fourth-order valence-electron chi connectivity index (χ4n) is 4.66. The molecule has 1 aliphatic carbocycles. The van der Waals surface area contributed by atoms with Gasteiger partial charge in [-0.05, 0) is 83.9 Å². The zero-order valence-corrected chi connectivity index (χ0v) is 22.8. The number of anilines is 1. The van der Waals surface area contributed by atoms with Crippen molar-refractivity contribution >= 4 is 50.2 Å². The highest BCUT2D eigenvalue weighted by Crippen LogP contribution is 2.35. The Kier molecular flexibility index (Phi) is 7.02. The van der Waals surface area contributed by atoms with E-state index < -0.39 is 11.8 Å². The molecule has 4 aromatic rings. The van der Waals surface area contributed by atoms with Crippen LogP contribution in [0.4, 0.5) is 5.82 Å². The molecule has 5 rings (SSSR count). The van der Waals surface area contributed by atoms with E-state index in [2.05, 4.69) is 46.6 Å². The van der Waals surface area contributed by atoms with E-state index in [1.807, 2.05) is 38.2 Å². The monoisotopic (exact) mass is 575 g/mol. The average molecular weight is 576 g/mol. The lowest BCUT2D eigenvalue weighted by Crippen LogP contribution is -2.35. The standard InChI is InChI=1S/C27H26BrN7O3/c1-14-7-8-23(28)32-27(14)33-24(37)12-30-25(38)13-35-22-9-17-5-4-6-21-20(11-29-16(3)31-21)18(17)10-19(22)26(34-35)15(2)36/h7-11H,4-6,12-13H2,1-3H3,(H,30,38)(H,32,33,37). The molecule has 0 aliphatic heterocycles. The third-order valence-corrected chi connectivity index (χ3v) is 6.95. The second kappa shape index (κ2) is 10.4. The zero-order valence-electron chi connectivity index (χ0n) is 21.3. The molecule has 194 valence electrons. The van der Waals surface area contributed by atoms with Gasteiger partial charge in [0.05, 0.1) is 17.8 Å². The molecule has 0 fully saturated rings. The van der Waals surface area contributed by atoms with Crippen LogP contribution >= 0.6 is 15.9 Å². The van der Waals surface area contributed by atoms with Gasteiger partial charge in [-0.25, -0.2) is 15.0 Å². The lowest BCUT2D eigenvalue weighted by atomic mass is 9.97. The normalized spacial score (nSPS) is 12.4. The molecule has 0 unspecified atom stereocenters. The van der Waals surface area contributed by atoms with Crippen LogP contribution in [-0.2, 0) is 29.0 Å². The molecule has 0 spiro atoms. The Hall–Kier alpha value is -3.99. The number of amides is 2. The summed E-state index contributed by atoms with van der Waals surface area (Å²) in [6.45, 7) is 4.80. The van der Waals surface area contributed by atoms with Gasteiger partial charge in [-0.2, -0.15) is 5.10 Å². The number of Topliss-reactive ketones (excluding diaryl/α,β-unsaturated/α-hetero) is 1. The number of carbonyl (C=O) groups excluding carboxylic acids is 3. The van der Waals surface area contributed by atoms with Gasteiger partial charge in [-0.1, -0.05) is 6.07 Å². The first kappa shape index (κ1) is 25.7. The number of hydrogen-bond acceptors (Lipinski definition) is 7. The van der Waals surface area contributed by atoms with Crippen molar-refractivity contribution in [2.45, 2.75) is 46.6 Å². The Morgan fingerprint density at radius 2 is 1.87 bits per heavy atom. The number of aryl methyl sites for hydroxylation is 4. The highest BCUT2D eigenvalue weighted by Gasteiger charge is 2.22. The maximum Gasteiger partial charge on any atom is 0.244 e. The third kappa shape index (κ3) is 5.19. The van der Waals surface area contributed by atoms with Crippen molar-refractivity contribution in [3.63, 3.8) is 0 Å². The van der Waals surface area contributed by atoms with Crippen LogP contribution in [0.25, 0.3) is 22.0 Å². The van der Waals surface area contributed by atoms with Crippen LogP contribution in [0.3, 0.4) is 0 Å². The minimum absolute atomic E-state index is 0.136. The summed E-state index contributed by atoms with van der Waals surface area (Å²) in [6, 6.07) is 7.57. The minimum atomic E-state index is -0.400. The van der Waals surface area contributed by atoms with Crippen molar-refractivity contribution in [2.24, 2.45) is 0 Å². The molecular weight excluding hydrogens is 550 g/mol. The van der Waals surface area contributed by atoms with E-state index in [4.69, 9.17) is 0 Å².